The molecule has 0 spiro atoms. The van der Waals surface area contributed by atoms with Crippen LogP contribution in [0.15, 0.2) is 79.1 Å². The maximum atomic E-state index is 12.0. The average Bonchev–Trinajstić information content (AvgIpc) is 2.67. The molecule has 120 valence electrons. The molecule has 0 saturated heterocycles. The molecule has 1 heterocycles. The lowest BCUT2D eigenvalue weighted by molar-refractivity contribution is 0.0951. The number of hydrogen-bond donors (Lipinski definition) is 1. The fourth-order valence-electron chi connectivity index (χ4n) is 2.23. The van der Waals surface area contributed by atoms with Crippen LogP contribution >= 0.6 is 0 Å². The van der Waals surface area contributed by atoms with Crippen molar-refractivity contribution in [1.82, 2.24) is 10.3 Å². The first-order valence-corrected chi connectivity index (χ1v) is 7.75. The fraction of sp³-hybridized carbons (Fsp3) is 0.100. The molecule has 0 aliphatic carbocycles. The molecule has 0 bridgehead atoms. The van der Waals surface area contributed by atoms with Crippen molar-refractivity contribution >= 4 is 5.91 Å². The zero-order chi connectivity index (χ0) is 16.6. The first-order chi connectivity index (χ1) is 11.8. The van der Waals surface area contributed by atoms with Crippen LogP contribution in [0.25, 0.3) is 0 Å². The van der Waals surface area contributed by atoms with E-state index in [9.17, 15) is 4.79 Å². The number of carbonyl (C=O) groups excluding carboxylic acids is 1. The molecule has 0 aliphatic heterocycles. The monoisotopic (exact) mass is 318 g/mol. The van der Waals surface area contributed by atoms with Gasteiger partial charge in [-0.1, -0.05) is 36.4 Å². The van der Waals surface area contributed by atoms with Crippen LogP contribution in [0.4, 0.5) is 0 Å². The lowest BCUT2D eigenvalue weighted by atomic mass is 10.2. The summed E-state index contributed by atoms with van der Waals surface area (Å²) in [7, 11) is 0. The van der Waals surface area contributed by atoms with Gasteiger partial charge in [0.15, 0.2) is 0 Å². The molecule has 0 atom stereocenters. The van der Waals surface area contributed by atoms with E-state index in [-0.39, 0.29) is 5.91 Å². The van der Waals surface area contributed by atoms with E-state index < -0.39 is 0 Å². The minimum absolute atomic E-state index is 0.0764. The minimum Gasteiger partial charge on any atom is -0.489 e. The third kappa shape index (κ3) is 4.43. The summed E-state index contributed by atoms with van der Waals surface area (Å²) < 4.78 is 5.71. The highest BCUT2D eigenvalue weighted by atomic mass is 16.5. The van der Waals surface area contributed by atoms with Crippen LogP contribution in [0.5, 0.6) is 5.75 Å². The Bertz CT molecular complexity index is 772. The molecule has 0 aliphatic rings. The molecule has 1 amide bonds. The summed E-state index contributed by atoms with van der Waals surface area (Å²) in [6, 6.07) is 20.7. The molecule has 1 aromatic heterocycles. The molecule has 0 unspecified atom stereocenters. The number of amides is 1. The summed E-state index contributed by atoms with van der Waals surface area (Å²) in [5, 5.41) is 2.90. The van der Waals surface area contributed by atoms with Crippen molar-refractivity contribution in [3.05, 3.63) is 95.8 Å². The first-order valence-electron chi connectivity index (χ1n) is 7.75. The van der Waals surface area contributed by atoms with Gasteiger partial charge < -0.3 is 10.1 Å². The number of rotatable bonds is 6. The third-order valence-corrected chi connectivity index (χ3v) is 3.54. The van der Waals surface area contributed by atoms with E-state index in [1.165, 1.54) is 0 Å². The van der Waals surface area contributed by atoms with E-state index >= 15 is 0 Å². The zero-order valence-corrected chi connectivity index (χ0v) is 13.2. The maximum absolute atomic E-state index is 12.0. The zero-order valence-electron chi connectivity index (χ0n) is 13.2. The summed E-state index contributed by atoms with van der Waals surface area (Å²) in [4.78, 5) is 16.1. The van der Waals surface area contributed by atoms with Crippen molar-refractivity contribution in [2.75, 3.05) is 0 Å². The second-order valence-corrected chi connectivity index (χ2v) is 5.34. The van der Waals surface area contributed by atoms with E-state index in [4.69, 9.17) is 4.74 Å². The normalized spacial score (nSPS) is 10.2. The van der Waals surface area contributed by atoms with Crippen molar-refractivity contribution in [2.24, 2.45) is 0 Å². The predicted molar refractivity (Wildman–Crippen MR) is 92.6 cm³/mol. The second-order valence-electron chi connectivity index (χ2n) is 5.34. The van der Waals surface area contributed by atoms with Gasteiger partial charge in [-0.2, -0.15) is 0 Å². The number of benzene rings is 2. The maximum Gasteiger partial charge on any atom is 0.251 e. The Kier molecular flexibility index (Phi) is 5.20. The molecule has 0 saturated carbocycles. The van der Waals surface area contributed by atoms with Gasteiger partial charge in [0.25, 0.3) is 5.91 Å². The van der Waals surface area contributed by atoms with E-state index in [2.05, 4.69) is 10.3 Å². The SMILES string of the molecule is O=C(NCc1ccc(OCc2cccnc2)cc1)c1ccccc1. The highest BCUT2D eigenvalue weighted by Gasteiger charge is 2.04. The number of hydrogen-bond acceptors (Lipinski definition) is 3. The van der Waals surface area contributed by atoms with Gasteiger partial charge in [-0.3, -0.25) is 9.78 Å². The first kappa shape index (κ1) is 15.7. The summed E-state index contributed by atoms with van der Waals surface area (Å²) in [5.41, 5.74) is 2.71. The second kappa shape index (κ2) is 7.92. The summed E-state index contributed by atoms with van der Waals surface area (Å²) in [5.74, 6) is 0.712. The number of pyridine rings is 1. The molecule has 0 radical (unpaired) electrons. The van der Waals surface area contributed by atoms with E-state index in [0.717, 1.165) is 16.9 Å². The smallest absolute Gasteiger partial charge is 0.251 e. The standard InChI is InChI=1S/C20H18N2O2/c23-20(18-6-2-1-3-7-18)22-14-16-8-10-19(11-9-16)24-15-17-5-4-12-21-13-17/h1-13H,14-15H2,(H,22,23). The molecule has 1 N–H and O–H groups in total. The van der Waals surface area contributed by atoms with Gasteiger partial charge in [0.1, 0.15) is 12.4 Å². The van der Waals surface area contributed by atoms with Crippen molar-refractivity contribution < 1.29 is 9.53 Å². The number of aromatic nitrogens is 1. The van der Waals surface area contributed by atoms with Crippen molar-refractivity contribution in [2.45, 2.75) is 13.2 Å². The van der Waals surface area contributed by atoms with Gasteiger partial charge in [0.2, 0.25) is 0 Å². The van der Waals surface area contributed by atoms with Crippen LogP contribution < -0.4 is 10.1 Å². The molecule has 24 heavy (non-hydrogen) atoms. The molecule has 4 heteroatoms. The van der Waals surface area contributed by atoms with Crippen molar-refractivity contribution in [3.8, 4) is 5.75 Å². The number of ether oxygens (including phenoxy) is 1. The molecule has 2 aromatic carbocycles. The van der Waals surface area contributed by atoms with Gasteiger partial charge in [0, 0.05) is 30.1 Å². The van der Waals surface area contributed by atoms with Gasteiger partial charge in [0.05, 0.1) is 0 Å². The van der Waals surface area contributed by atoms with E-state index in [0.29, 0.717) is 18.7 Å². The van der Waals surface area contributed by atoms with Gasteiger partial charge in [-0.15, -0.1) is 0 Å². The minimum atomic E-state index is -0.0764. The number of nitrogens with one attached hydrogen (secondary N) is 1. The van der Waals surface area contributed by atoms with Crippen LogP contribution in [0, 0.1) is 0 Å². The van der Waals surface area contributed by atoms with Crippen LogP contribution in [0.1, 0.15) is 21.5 Å². The molecular formula is C20H18N2O2. The molecule has 3 rings (SSSR count). The van der Waals surface area contributed by atoms with E-state index in [1.807, 2.05) is 54.6 Å². The Morgan fingerprint density at radius 1 is 0.917 bits per heavy atom. The van der Waals surface area contributed by atoms with Crippen molar-refractivity contribution in [1.29, 1.82) is 0 Å². The molecule has 0 fully saturated rings. The van der Waals surface area contributed by atoms with Gasteiger partial charge >= 0.3 is 0 Å². The quantitative estimate of drug-likeness (QED) is 0.755. The Balaban J connectivity index is 1.50. The number of carbonyl (C=O) groups is 1. The van der Waals surface area contributed by atoms with Crippen LogP contribution in [0.3, 0.4) is 0 Å². The largest absolute Gasteiger partial charge is 0.489 e. The predicted octanol–water partition coefficient (Wildman–Crippen LogP) is 3.59. The van der Waals surface area contributed by atoms with Gasteiger partial charge in [-0.05, 0) is 35.9 Å². The van der Waals surface area contributed by atoms with Crippen LogP contribution in [-0.2, 0) is 13.2 Å². The topological polar surface area (TPSA) is 51.2 Å². The molecular weight excluding hydrogens is 300 g/mol. The van der Waals surface area contributed by atoms with Crippen LogP contribution in [0.2, 0.25) is 0 Å². The summed E-state index contributed by atoms with van der Waals surface area (Å²) in [6.07, 6.45) is 3.52. The highest BCUT2D eigenvalue weighted by Crippen LogP contribution is 2.14. The lowest BCUT2D eigenvalue weighted by Crippen LogP contribution is -2.22. The Morgan fingerprint density at radius 3 is 2.42 bits per heavy atom. The summed E-state index contributed by atoms with van der Waals surface area (Å²) >= 11 is 0. The lowest BCUT2D eigenvalue weighted by Gasteiger charge is -2.08. The average molecular weight is 318 g/mol. The van der Waals surface area contributed by atoms with Gasteiger partial charge in [-0.25, -0.2) is 0 Å². The third-order valence-electron chi connectivity index (χ3n) is 3.54. The van der Waals surface area contributed by atoms with Crippen LogP contribution in [-0.4, -0.2) is 10.9 Å². The van der Waals surface area contributed by atoms with E-state index in [1.54, 1.807) is 24.5 Å². The number of nitrogens with zero attached hydrogens (tertiary/aromatic N) is 1. The fourth-order valence-corrected chi connectivity index (χ4v) is 2.23. The Morgan fingerprint density at radius 2 is 1.71 bits per heavy atom. The highest BCUT2D eigenvalue weighted by molar-refractivity contribution is 5.94. The molecule has 4 nitrogen and oxygen atoms in total. The molecule has 3 aromatic rings. The van der Waals surface area contributed by atoms with Crippen molar-refractivity contribution in [3.63, 3.8) is 0 Å². The Labute approximate surface area is 141 Å². The summed E-state index contributed by atoms with van der Waals surface area (Å²) in [6.45, 7) is 0.967. The Hall–Kier alpha value is -3.14.